The molecule has 5 rings (SSSR count). The molecule has 37 heavy (non-hydrogen) atoms. The van der Waals surface area contributed by atoms with Gasteiger partial charge >= 0.3 is 6.09 Å². The van der Waals surface area contributed by atoms with Crippen molar-refractivity contribution < 1.29 is 18.7 Å². The van der Waals surface area contributed by atoms with E-state index < -0.39 is 26.3 Å². The second-order valence-electron chi connectivity index (χ2n) is 10.3. The average Bonchev–Trinajstić information content (AvgIpc) is 3.28. The van der Waals surface area contributed by atoms with Gasteiger partial charge in [-0.15, -0.1) is 0 Å². The lowest BCUT2D eigenvalue weighted by atomic mass is 9.95. The Bertz CT molecular complexity index is 1280. The zero-order chi connectivity index (χ0) is 26.0. The molecule has 7 heteroatoms. The molecule has 0 radical (unpaired) electrons. The molecular formula is C30H32FIN2O3. The van der Waals surface area contributed by atoms with Gasteiger partial charge in [0.1, 0.15) is 23.8 Å². The molecule has 1 amide bonds. The zero-order valence-corrected chi connectivity index (χ0v) is 23.6. The van der Waals surface area contributed by atoms with Crippen LogP contribution in [0.1, 0.15) is 39.2 Å². The number of rotatable bonds is 5. The Morgan fingerprint density at radius 3 is 2.35 bits per heavy atom. The number of ether oxygens (including phenoxy) is 2. The molecule has 1 fully saturated rings. The Kier molecular flexibility index (Phi) is 7.51. The first kappa shape index (κ1) is 25.7. The van der Waals surface area contributed by atoms with Gasteiger partial charge in [0.15, 0.2) is 0 Å². The number of amides is 1. The molecule has 2 aliphatic rings. The monoisotopic (exact) mass is 614 g/mol. The fourth-order valence-corrected chi connectivity index (χ4v) is 8.30. The van der Waals surface area contributed by atoms with Gasteiger partial charge in [-0.2, -0.15) is 0 Å². The Morgan fingerprint density at radius 1 is 0.973 bits per heavy atom. The van der Waals surface area contributed by atoms with Crippen LogP contribution in [-0.2, 0) is 11.3 Å². The van der Waals surface area contributed by atoms with Crippen molar-refractivity contribution >= 4 is 41.8 Å². The lowest BCUT2D eigenvalue weighted by Gasteiger charge is -2.36. The van der Waals surface area contributed by atoms with Crippen LogP contribution in [0.25, 0.3) is 0 Å². The van der Waals surface area contributed by atoms with E-state index in [1.807, 2.05) is 62.1 Å². The highest BCUT2D eigenvalue weighted by Gasteiger charge is 2.35. The first-order valence-corrected chi connectivity index (χ1v) is 14.8. The van der Waals surface area contributed by atoms with Crippen molar-refractivity contribution in [1.82, 2.24) is 4.90 Å². The van der Waals surface area contributed by atoms with Crippen LogP contribution in [0.3, 0.4) is 0 Å². The standard InChI is InChI=1S/C30H32FIN2O3/c1-30(2,3)37-29(35)33-18-16-22(17-19-33)28-32-27-25(34(28)24-14-12-23(31)13-15-24)10-7-11-26(27)36-20-21-8-5-4-6-9-21/h4-15,22H,16-20H2,1-3H3. The van der Waals surface area contributed by atoms with Gasteiger partial charge in [0, 0.05) is 24.7 Å². The van der Waals surface area contributed by atoms with E-state index >= 15 is 0 Å². The van der Waals surface area contributed by atoms with Crippen molar-refractivity contribution in [2.24, 2.45) is 5.92 Å². The zero-order valence-electron chi connectivity index (χ0n) is 21.4. The van der Waals surface area contributed by atoms with Crippen LogP contribution in [0.4, 0.5) is 20.6 Å². The largest absolute Gasteiger partial charge is 0.488 e. The second kappa shape index (κ2) is 10.8. The normalized spacial score (nSPS) is 16.1. The van der Waals surface area contributed by atoms with E-state index in [-0.39, 0.29) is 11.9 Å². The van der Waals surface area contributed by atoms with Crippen LogP contribution in [0.15, 0.2) is 72.8 Å². The summed E-state index contributed by atoms with van der Waals surface area (Å²) in [6.45, 7) is 7.53. The number of nitrogens with zero attached hydrogens (tertiary/aromatic N) is 2. The number of likely N-dealkylation sites (tertiary alicyclic amines) is 1. The van der Waals surface area contributed by atoms with Gasteiger partial charge in [-0.1, -0.05) is 57.1 Å². The lowest BCUT2D eigenvalue weighted by molar-refractivity contribution is 0.0202. The Labute approximate surface area is 227 Å². The topological polar surface area (TPSA) is 42.0 Å². The maximum atomic E-state index is 13.8. The van der Waals surface area contributed by atoms with E-state index in [9.17, 15) is 9.18 Å². The third-order valence-electron chi connectivity index (χ3n) is 6.39. The van der Waals surface area contributed by atoms with Crippen LogP contribution in [0.5, 0.6) is 5.75 Å². The minimum atomic E-state index is -0.511. The van der Waals surface area contributed by atoms with E-state index in [0.717, 1.165) is 35.5 Å². The molecule has 1 saturated heterocycles. The fraction of sp³-hybridized carbons (Fsp3) is 0.333. The lowest BCUT2D eigenvalue weighted by Crippen LogP contribution is -2.44. The molecule has 0 saturated carbocycles. The number of piperidine rings is 1. The summed E-state index contributed by atoms with van der Waals surface area (Å²) in [6.07, 6.45) is 1.51. The van der Waals surface area contributed by atoms with Crippen molar-refractivity contribution in [1.29, 1.82) is 0 Å². The van der Waals surface area contributed by atoms with Crippen LogP contribution >= 0.6 is 20.7 Å². The minimum Gasteiger partial charge on any atom is -0.488 e. The van der Waals surface area contributed by atoms with E-state index in [1.165, 1.54) is 19.3 Å². The molecule has 5 nitrogen and oxygen atoms in total. The fourth-order valence-electron chi connectivity index (χ4n) is 4.61. The molecule has 0 aliphatic carbocycles. The molecule has 0 N–H and O–H groups in total. The van der Waals surface area contributed by atoms with Crippen LogP contribution in [0.2, 0.25) is 0 Å². The number of carbonyl (C=O) groups excluding carboxylic acids is 1. The van der Waals surface area contributed by atoms with Gasteiger partial charge in [-0.25, -0.2) is 9.18 Å². The van der Waals surface area contributed by atoms with Gasteiger partial charge in [0.05, 0.1) is 12.9 Å². The summed E-state index contributed by atoms with van der Waals surface area (Å²) in [5.41, 5.74) is 2.71. The molecule has 0 atom stereocenters. The summed E-state index contributed by atoms with van der Waals surface area (Å²) in [5.74, 6) is 1.01. The summed E-state index contributed by atoms with van der Waals surface area (Å²) < 4.78 is 28.3. The first-order chi connectivity index (χ1) is 17.8. The predicted molar refractivity (Wildman–Crippen MR) is 154 cm³/mol. The molecular weight excluding hydrogens is 582 g/mol. The van der Waals surface area contributed by atoms with Crippen molar-refractivity contribution in [2.45, 2.75) is 45.8 Å². The maximum Gasteiger partial charge on any atom is 0.410 e. The summed E-state index contributed by atoms with van der Waals surface area (Å²) in [6, 6.07) is 23.1. The Hall–Kier alpha value is -2.94. The number of hydrogen-bond acceptors (Lipinski definition) is 4. The molecule has 0 aromatic heterocycles. The molecule has 194 valence electrons. The van der Waals surface area contributed by atoms with E-state index in [4.69, 9.17) is 9.47 Å². The molecule has 0 spiro atoms. The molecule has 3 aromatic rings. The summed E-state index contributed by atoms with van der Waals surface area (Å²) in [5, 5.41) is 0. The highest BCUT2D eigenvalue weighted by atomic mass is 127. The van der Waals surface area contributed by atoms with Gasteiger partial charge in [-0.3, -0.25) is 0 Å². The minimum absolute atomic E-state index is 0.243. The summed E-state index contributed by atoms with van der Waals surface area (Å²) in [7, 11) is 0. The highest BCUT2D eigenvalue weighted by molar-refractivity contribution is 14.2. The van der Waals surface area contributed by atoms with E-state index in [0.29, 0.717) is 25.6 Å². The molecule has 0 unspecified atom stereocenters. The van der Waals surface area contributed by atoms with Crippen molar-refractivity contribution in [3.05, 3.63) is 87.7 Å². The second-order valence-corrected chi connectivity index (χ2v) is 13.1. The summed E-state index contributed by atoms with van der Waals surface area (Å²) in [4.78, 5) is 16.7. The number of carbonyl (C=O) groups is 1. The highest BCUT2D eigenvalue weighted by Crippen LogP contribution is 2.47. The molecule has 2 heterocycles. The molecule has 2 aliphatic heterocycles. The van der Waals surface area contributed by atoms with Gasteiger partial charge < -0.3 is 19.3 Å². The molecule has 0 bridgehead atoms. The number of benzene rings is 3. The quantitative estimate of drug-likeness (QED) is 0.280. The predicted octanol–water partition coefficient (Wildman–Crippen LogP) is 7.47. The number of fused-ring (bicyclic) bond motifs is 1. The smallest absolute Gasteiger partial charge is 0.410 e. The Balaban J connectivity index is 1.41. The van der Waals surface area contributed by atoms with Crippen LogP contribution in [0, 0.1) is 15.3 Å². The number of hydrogen-bond donors (Lipinski definition) is 0. The summed E-state index contributed by atoms with van der Waals surface area (Å²) >= 11 is -0.511. The Morgan fingerprint density at radius 2 is 1.68 bits per heavy atom. The number of anilines is 2. The van der Waals surface area contributed by atoms with Gasteiger partial charge in [0.25, 0.3) is 0 Å². The van der Waals surface area contributed by atoms with Crippen molar-refractivity contribution in [2.75, 3.05) is 18.0 Å². The van der Waals surface area contributed by atoms with E-state index in [2.05, 4.69) is 29.2 Å². The van der Waals surface area contributed by atoms with Crippen molar-refractivity contribution in [3.63, 3.8) is 0 Å². The third-order valence-corrected chi connectivity index (χ3v) is 9.93. The maximum absolute atomic E-state index is 13.8. The van der Waals surface area contributed by atoms with E-state index in [1.54, 1.807) is 0 Å². The van der Waals surface area contributed by atoms with Crippen LogP contribution < -0.4 is 9.64 Å². The SMILES string of the molecule is CC(C)(C)OC(=O)N1CCC(C2=Ic3c(OCc4ccccc4)cccc3N2c2ccc(F)cc2)CC1. The van der Waals surface area contributed by atoms with Gasteiger partial charge in [-0.05, 0) is 75.6 Å². The van der Waals surface area contributed by atoms with Gasteiger partial charge in [0.2, 0.25) is 0 Å². The van der Waals surface area contributed by atoms with Crippen LogP contribution in [-0.4, -0.2) is 33.3 Å². The number of halogens is 2. The third kappa shape index (κ3) is 5.98. The first-order valence-electron chi connectivity index (χ1n) is 12.6. The average molecular weight is 614 g/mol. The van der Waals surface area contributed by atoms with Crippen molar-refractivity contribution in [3.8, 4) is 5.75 Å². The molecule has 3 aromatic carbocycles.